The second-order valence-electron chi connectivity index (χ2n) is 10.7. The molecule has 2 fully saturated rings. The molecule has 1 aromatic carbocycles. The molecule has 0 atom stereocenters. The first-order valence-electron chi connectivity index (χ1n) is 14.5. The van der Waals surface area contributed by atoms with Crippen LogP contribution in [0.15, 0.2) is 27.9 Å². The van der Waals surface area contributed by atoms with E-state index in [-0.39, 0.29) is 28.7 Å². The van der Waals surface area contributed by atoms with E-state index in [1.165, 1.54) is 21.1 Å². The van der Waals surface area contributed by atoms with Crippen LogP contribution in [0.5, 0.6) is 5.75 Å². The molecule has 4 heterocycles. The molecule has 2 aliphatic heterocycles. The number of hydrogen-bond acceptors (Lipinski definition) is 9. The first-order chi connectivity index (χ1) is 20.2. The molecule has 3 aromatic rings. The highest BCUT2D eigenvalue weighted by Gasteiger charge is 2.29. The zero-order valence-corrected chi connectivity index (χ0v) is 25.3. The molecule has 2 aromatic heterocycles. The van der Waals surface area contributed by atoms with Gasteiger partial charge in [0.05, 0.1) is 36.0 Å². The number of aromatic nitrogens is 4. The third-order valence-corrected chi connectivity index (χ3v) is 9.47. The van der Waals surface area contributed by atoms with E-state index in [1.807, 2.05) is 20.9 Å². The third-order valence-electron chi connectivity index (χ3n) is 7.57. The fourth-order valence-corrected chi connectivity index (χ4v) is 6.66. The minimum absolute atomic E-state index is 0.0894. The van der Waals surface area contributed by atoms with Gasteiger partial charge < -0.3 is 24.3 Å². The number of ether oxygens (including phenoxy) is 2. The number of aromatic amines is 1. The van der Waals surface area contributed by atoms with Crippen LogP contribution in [0.2, 0.25) is 0 Å². The van der Waals surface area contributed by atoms with Crippen molar-refractivity contribution in [3.05, 3.63) is 34.2 Å². The van der Waals surface area contributed by atoms with Gasteiger partial charge in [-0.05, 0) is 38.1 Å². The summed E-state index contributed by atoms with van der Waals surface area (Å²) in [6.45, 7) is 8.32. The lowest BCUT2D eigenvalue weighted by Gasteiger charge is -2.31. The van der Waals surface area contributed by atoms with Crippen molar-refractivity contribution in [1.29, 1.82) is 0 Å². The summed E-state index contributed by atoms with van der Waals surface area (Å²) in [4.78, 5) is 38.1. The Morgan fingerprint density at radius 2 is 1.81 bits per heavy atom. The Bertz CT molecular complexity index is 1590. The van der Waals surface area contributed by atoms with Crippen LogP contribution >= 0.6 is 0 Å². The number of H-pyrrole nitrogens is 1. The Labute approximate surface area is 245 Å². The van der Waals surface area contributed by atoms with E-state index >= 15 is 0 Å². The molecular formula is C28H39N7O6S. The highest BCUT2D eigenvalue weighted by atomic mass is 32.2. The quantitative estimate of drug-likeness (QED) is 0.364. The van der Waals surface area contributed by atoms with Crippen molar-refractivity contribution in [3.8, 4) is 17.1 Å². The summed E-state index contributed by atoms with van der Waals surface area (Å²) in [5.74, 6) is 0.459. The van der Waals surface area contributed by atoms with Gasteiger partial charge in [-0.1, -0.05) is 20.3 Å². The molecule has 42 heavy (non-hydrogen) atoms. The first kappa shape index (κ1) is 30.1. The number of fused-ring (bicyclic) bond motifs is 1. The van der Waals surface area contributed by atoms with E-state index in [9.17, 15) is 18.0 Å². The molecule has 0 radical (unpaired) electrons. The lowest BCUT2D eigenvalue weighted by atomic mass is 10.1. The van der Waals surface area contributed by atoms with E-state index in [0.717, 1.165) is 12.8 Å². The van der Waals surface area contributed by atoms with Gasteiger partial charge in [0.1, 0.15) is 23.6 Å². The number of morpholine rings is 1. The van der Waals surface area contributed by atoms with Gasteiger partial charge in [-0.2, -0.15) is 9.40 Å². The molecule has 0 spiro atoms. The van der Waals surface area contributed by atoms with E-state index in [2.05, 4.69) is 15.0 Å². The van der Waals surface area contributed by atoms with Crippen molar-refractivity contribution >= 4 is 27.0 Å². The number of carbonyl (C=O) groups is 1. The SMILES string of the molecule is CCCOc1ccc(S(=O)(=O)N2CCN(C)CC2)cc1-c1nc2c(CCC)nn(CC(=O)N3CCOCC3)c2c(=O)[nH]1. The van der Waals surface area contributed by atoms with Crippen LogP contribution in [0.1, 0.15) is 32.4 Å². The fraction of sp³-hybridized carbons (Fsp3) is 0.571. The summed E-state index contributed by atoms with van der Waals surface area (Å²) in [6.07, 6.45) is 2.06. The number of rotatable bonds is 10. The minimum atomic E-state index is -3.78. The van der Waals surface area contributed by atoms with Gasteiger partial charge in [0, 0.05) is 39.3 Å². The Hall–Kier alpha value is -3.33. The number of likely N-dealkylation sites (N-methyl/N-ethyl adjacent to an activating group) is 1. The van der Waals surface area contributed by atoms with E-state index in [1.54, 1.807) is 11.0 Å². The number of benzene rings is 1. The fourth-order valence-electron chi connectivity index (χ4n) is 5.21. The van der Waals surface area contributed by atoms with Gasteiger partial charge in [0.2, 0.25) is 15.9 Å². The van der Waals surface area contributed by atoms with E-state index in [4.69, 9.17) is 14.5 Å². The van der Waals surface area contributed by atoms with Gasteiger partial charge in [0.25, 0.3) is 5.56 Å². The normalized spacial score (nSPS) is 17.2. The van der Waals surface area contributed by atoms with Crippen LogP contribution in [-0.4, -0.2) is 114 Å². The van der Waals surface area contributed by atoms with Crippen molar-refractivity contribution in [2.24, 2.45) is 0 Å². The number of carbonyl (C=O) groups excluding carboxylic acids is 1. The van der Waals surface area contributed by atoms with Crippen LogP contribution in [0.25, 0.3) is 22.4 Å². The van der Waals surface area contributed by atoms with E-state index < -0.39 is 15.6 Å². The van der Waals surface area contributed by atoms with Crippen molar-refractivity contribution in [2.45, 2.75) is 44.6 Å². The van der Waals surface area contributed by atoms with Gasteiger partial charge >= 0.3 is 0 Å². The largest absolute Gasteiger partial charge is 0.493 e. The Balaban J connectivity index is 1.57. The van der Waals surface area contributed by atoms with Crippen LogP contribution in [0.4, 0.5) is 0 Å². The van der Waals surface area contributed by atoms with Crippen LogP contribution in [0, 0.1) is 0 Å². The number of nitrogens with one attached hydrogen (secondary N) is 1. The lowest BCUT2D eigenvalue weighted by Crippen LogP contribution is -2.47. The summed E-state index contributed by atoms with van der Waals surface area (Å²) in [5.41, 5.74) is 1.11. The van der Waals surface area contributed by atoms with Crippen LogP contribution in [-0.2, 0) is 32.5 Å². The molecule has 228 valence electrons. The molecule has 13 nitrogen and oxygen atoms in total. The summed E-state index contributed by atoms with van der Waals surface area (Å²) >= 11 is 0. The second-order valence-corrected chi connectivity index (χ2v) is 12.6. The van der Waals surface area contributed by atoms with Gasteiger partial charge in [-0.25, -0.2) is 18.1 Å². The second kappa shape index (κ2) is 12.9. The number of amides is 1. The average molecular weight is 602 g/mol. The summed E-state index contributed by atoms with van der Waals surface area (Å²) in [7, 11) is -1.81. The monoisotopic (exact) mass is 601 g/mol. The smallest absolute Gasteiger partial charge is 0.277 e. The van der Waals surface area contributed by atoms with Crippen LogP contribution < -0.4 is 10.3 Å². The highest BCUT2D eigenvalue weighted by molar-refractivity contribution is 7.89. The molecule has 2 saturated heterocycles. The zero-order chi connectivity index (χ0) is 29.9. The third kappa shape index (κ3) is 6.21. The Morgan fingerprint density at radius 1 is 1.07 bits per heavy atom. The number of piperazine rings is 1. The Kier molecular flexibility index (Phi) is 9.25. The van der Waals surface area contributed by atoms with Crippen molar-refractivity contribution in [3.63, 3.8) is 0 Å². The van der Waals surface area contributed by atoms with E-state index in [0.29, 0.717) is 88.0 Å². The summed E-state index contributed by atoms with van der Waals surface area (Å²) < 4.78 is 41.4. The van der Waals surface area contributed by atoms with Crippen molar-refractivity contribution in [2.75, 3.05) is 66.1 Å². The van der Waals surface area contributed by atoms with Gasteiger partial charge in [0.15, 0.2) is 5.52 Å². The standard InChI is InChI=1S/C28H39N7O6S/c1-4-6-22-25-26(35(31-22)19-24(36)33-13-16-40-17-14-33)28(37)30-27(29-25)21-18-20(7-8-23(21)41-15-5-2)42(38,39)34-11-9-32(3)10-12-34/h7-8,18H,4-6,9-17,19H2,1-3H3,(H,29,30,37). The lowest BCUT2D eigenvalue weighted by molar-refractivity contribution is -0.136. The zero-order valence-electron chi connectivity index (χ0n) is 24.5. The van der Waals surface area contributed by atoms with Crippen molar-refractivity contribution in [1.82, 2.24) is 33.9 Å². The molecule has 0 saturated carbocycles. The maximum absolute atomic E-state index is 13.6. The molecule has 0 unspecified atom stereocenters. The molecular weight excluding hydrogens is 562 g/mol. The summed E-state index contributed by atoms with van der Waals surface area (Å²) in [6, 6.07) is 4.68. The molecule has 1 amide bonds. The molecule has 2 aliphatic rings. The maximum Gasteiger partial charge on any atom is 0.277 e. The number of nitrogens with zero attached hydrogens (tertiary/aromatic N) is 6. The minimum Gasteiger partial charge on any atom is -0.493 e. The maximum atomic E-state index is 13.6. The molecule has 0 aliphatic carbocycles. The average Bonchev–Trinajstić information content (AvgIpc) is 3.33. The highest BCUT2D eigenvalue weighted by Crippen LogP contribution is 2.32. The molecule has 0 bridgehead atoms. The first-order valence-corrected chi connectivity index (χ1v) is 16.0. The molecule has 14 heteroatoms. The number of aryl methyl sites for hydroxylation is 1. The summed E-state index contributed by atoms with van der Waals surface area (Å²) in [5, 5.41) is 4.62. The predicted octanol–water partition coefficient (Wildman–Crippen LogP) is 1.32. The molecule has 5 rings (SSSR count). The number of sulfonamides is 1. The molecule has 1 N–H and O–H groups in total. The van der Waals surface area contributed by atoms with Crippen molar-refractivity contribution < 1.29 is 22.7 Å². The number of hydrogen-bond donors (Lipinski definition) is 1. The van der Waals surface area contributed by atoms with Gasteiger partial charge in [-0.15, -0.1) is 0 Å². The Morgan fingerprint density at radius 3 is 2.50 bits per heavy atom. The van der Waals surface area contributed by atoms with Crippen LogP contribution in [0.3, 0.4) is 0 Å². The predicted molar refractivity (Wildman–Crippen MR) is 157 cm³/mol. The van der Waals surface area contributed by atoms with Gasteiger partial charge in [-0.3, -0.25) is 9.59 Å². The topological polar surface area (TPSA) is 143 Å².